The Morgan fingerprint density at radius 2 is 2.03 bits per heavy atom. The van der Waals surface area contributed by atoms with E-state index in [1.807, 2.05) is 6.92 Å². The summed E-state index contributed by atoms with van der Waals surface area (Å²) in [6.07, 6.45) is 1.20. The van der Waals surface area contributed by atoms with Crippen LogP contribution in [0.4, 0.5) is 19.0 Å². The number of carbonyl (C=O) groups excluding carboxylic acids is 1. The second-order valence-electron chi connectivity index (χ2n) is 8.11. The van der Waals surface area contributed by atoms with Crippen molar-refractivity contribution in [2.75, 3.05) is 11.4 Å². The summed E-state index contributed by atoms with van der Waals surface area (Å²) in [5.41, 5.74) is -1.15. The van der Waals surface area contributed by atoms with Gasteiger partial charge in [0.2, 0.25) is 5.91 Å². The Labute approximate surface area is 175 Å². The lowest BCUT2D eigenvalue weighted by molar-refractivity contribution is -0.141. The van der Waals surface area contributed by atoms with E-state index in [1.165, 1.54) is 27.9 Å². The van der Waals surface area contributed by atoms with Gasteiger partial charge in [0, 0.05) is 24.2 Å². The third-order valence-electron chi connectivity index (χ3n) is 6.21. The van der Waals surface area contributed by atoms with Gasteiger partial charge in [-0.15, -0.1) is 0 Å². The number of pyridine rings is 1. The Balaban J connectivity index is 1.64. The third kappa shape index (κ3) is 2.87. The Kier molecular flexibility index (Phi) is 4.09. The third-order valence-corrected chi connectivity index (χ3v) is 6.21. The molecular formula is C21H17F3N6O. The molecule has 2 fully saturated rings. The number of fused-ring (bicyclic) bond motifs is 1. The molecule has 1 aliphatic heterocycles. The van der Waals surface area contributed by atoms with Crippen LogP contribution in [0.1, 0.15) is 25.5 Å². The molecule has 7 nitrogen and oxygen atoms in total. The Hall–Kier alpha value is -3.48. The predicted octanol–water partition coefficient (Wildman–Crippen LogP) is 3.71. The Morgan fingerprint density at radius 1 is 1.26 bits per heavy atom. The van der Waals surface area contributed by atoms with Gasteiger partial charge in [0.15, 0.2) is 5.82 Å². The highest BCUT2D eigenvalue weighted by atomic mass is 19.4. The molecule has 10 heteroatoms. The zero-order valence-corrected chi connectivity index (χ0v) is 16.5. The summed E-state index contributed by atoms with van der Waals surface area (Å²) in [7, 11) is 0. The van der Waals surface area contributed by atoms with Crippen molar-refractivity contribution in [3.8, 4) is 17.3 Å². The topological polar surface area (TPSA) is 87.2 Å². The number of anilines is 1. The average molecular weight is 426 g/mol. The lowest BCUT2D eigenvalue weighted by Crippen LogP contribution is -2.37. The molecule has 2 atom stereocenters. The first-order chi connectivity index (χ1) is 14.8. The summed E-state index contributed by atoms with van der Waals surface area (Å²) in [6.45, 7) is 2.19. The molecule has 0 N–H and O–H groups in total. The fourth-order valence-electron chi connectivity index (χ4n) is 4.48. The average Bonchev–Trinajstić information content (AvgIpc) is 3.42. The zero-order valence-electron chi connectivity index (χ0n) is 16.5. The number of hydrogen-bond donors (Lipinski definition) is 0. The van der Waals surface area contributed by atoms with Crippen molar-refractivity contribution in [1.29, 1.82) is 5.26 Å². The quantitative estimate of drug-likeness (QED) is 0.637. The highest BCUT2D eigenvalue weighted by Gasteiger charge is 2.61. The molecule has 0 radical (unpaired) electrons. The molecule has 4 heterocycles. The molecule has 5 rings (SSSR count). The zero-order chi connectivity index (χ0) is 22.0. The van der Waals surface area contributed by atoms with Crippen LogP contribution in [0.2, 0.25) is 0 Å². The molecule has 3 aromatic rings. The van der Waals surface area contributed by atoms with Crippen LogP contribution in [0.25, 0.3) is 16.8 Å². The van der Waals surface area contributed by atoms with E-state index in [0.29, 0.717) is 12.1 Å². The van der Waals surface area contributed by atoms with E-state index in [1.54, 1.807) is 6.07 Å². The van der Waals surface area contributed by atoms with Crippen LogP contribution < -0.4 is 4.90 Å². The molecule has 1 aliphatic carbocycles. The number of hydrogen-bond acceptors (Lipinski definition) is 5. The standard InChI is InChI=1S/C21H17F3N6O/c1-12-9-29(19(31)20(12,11-25)14-2-3-14)18-16-5-7-27-30(16)10-15(28-18)13-4-6-26-17(8-13)21(22,23)24/h4-8,10,12,14H,2-3,9H2,1H3/t12-,20+/m1/s1. The summed E-state index contributed by atoms with van der Waals surface area (Å²) in [5, 5.41) is 14.1. The monoisotopic (exact) mass is 426 g/mol. The first-order valence-electron chi connectivity index (χ1n) is 9.87. The van der Waals surface area contributed by atoms with Gasteiger partial charge >= 0.3 is 6.18 Å². The molecule has 0 aromatic carbocycles. The van der Waals surface area contributed by atoms with Gasteiger partial charge in [-0.05, 0) is 37.0 Å². The minimum atomic E-state index is -4.59. The minimum absolute atomic E-state index is 0.0312. The van der Waals surface area contributed by atoms with E-state index in [4.69, 9.17) is 0 Å². The molecule has 1 amide bonds. The smallest absolute Gasteiger partial charge is 0.293 e. The van der Waals surface area contributed by atoms with Crippen molar-refractivity contribution in [3.05, 3.63) is 42.5 Å². The second-order valence-corrected chi connectivity index (χ2v) is 8.11. The van der Waals surface area contributed by atoms with Crippen molar-refractivity contribution in [3.63, 3.8) is 0 Å². The SMILES string of the molecule is C[C@@H]1CN(c2nc(-c3ccnc(C(F)(F)F)c3)cn3nccc23)C(=O)[C@]1(C#N)C1CC1. The lowest BCUT2D eigenvalue weighted by atomic mass is 9.75. The molecule has 158 valence electrons. The second kappa shape index (κ2) is 6.51. The van der Waals surface area contributed by atoms with Gasteiger partial charge in [0.25, 0.3) is 0 Å². The molecule has 1 saturated heterocycles. The molecule has 31 heavy (non-hydrogen) atoms. The number of nitrogens with zero attached hydrogens (tertiary/aromatic N) is 6. The number of carbonyl (C=O) groups is 1. The van der Waals surface area contributed by atoms with E-state index in [2.05, 4.69) is 21.1 Å². The molecule has 0 bridgehead atoms. The fourth-order valence-corrected chi connectivity index (χ4v) is 4.48. The molecule has 3 aromatic heterocycles. The van der Waals surface area contributed by atoms with Crippen molar-refractivity contribution >= 4 is 17.2 Å². The molecule has 0 unspecified atom stereocenters. The van der Waals surface area contributed by atoms with Crippen molar-refractivity contribution in [2.24, 2.45) is 17.3 Å². The molecule has 0 spiro atoms. The summed E-state index contributed by atoms with van der Waals surface area (Å²) >= 11 is 0. The van der Waals surface area contributed by atoms with E-state index < -0.39 is 17.3 Å². The Bertz CT molecular complexity index is 1240. The van der Waals surface area contributed by atoms with Gasteiger partial charge in [-0.3, -0.25) is 14.7 Å². The summed E-state index contributed by atoms with van der Waals surface area (Å²) in [6, 6.07) is 6.30. The van der Waals surface area contributed by atoms with Gasteiger partial charge in [0.05, 0.1) is 24.2 Å². The van der Waals surface area contributed by atoms with Crippen molar-refractivity contribution in [2.45, 2.75) is 25.9 Å². The number of halogens is 3. The van der Waals surface area contributed by atoms with Crippen LogP contribution in [-0.4, -0.2) is 32.0 Å². The normalized spacial score (nSPS) is 24.0. The maximum atomic E-state index is 13.4. The van der Waals surface area contributed by atoms with E-state index in [0.717, 1.165) is 25.1 Å². The van der Waals surface area contributed by atoms with Crippen LogP contribution in [0.15, 0.2) is 36.8 Å². The maximum absolute atomic E-state index is 13.4. The summed E-state index contributed by atoms with van der Waals surface area (Å²) < 4.78 is 40.9. The van der Waals surface area contributed by atoms with Crippen molar-refractivity contribution in [1.82, 2.24) is 19.6 Å². The van der Waals surface area contributed by atoms with Crippen LogP contribution in [0, 0.1) is 28.6 Å². The number of aromatic nitrogens is 4. The largest absolute Gasteiger partial charge is 0.433 e. The number of alkyl halides is 3. The first-order valence-corrected chi connectivity index (χ1v) is 9.87. The van der Waals surface area contributed by atoms with Gasteiger partial charge in [-0.2, -0.15) is 23.5 Å². The lowest BCUT2D eigenvalue weighted by Gasteiger charge is -2.23. The van der Waals surface area contributed by atoms with Crippen molar-refractivity contribution < 1.29 is 18.0 Å². The summed E-state index contributed by atoms with van der Waals surface area (Å²) in [5.74, 6) is -0.175. The van der Waals surface area contributed by atoms with E-state index in [9.17, 15) is 23.2 Å². The predicted molar refractivity (Wildman–Crippen MR) is 104 cm³/mol. The van der Waals surface area contributed by atoms with Crippen LogP contribution in [0.5, 0.6) is 0 Å². The van der Waals surface area contributed by atoms with E-state index in [-0.39, 0.29) is 34.8 Å². The number of nitriles is 1. The molecule has 2 aliphatic rings. The van der Waals surface area contributed by atoms with Gasteiger partial charge < -0.3 is 0 Å². The maximum Gasteiger partial charge on any atom is 0.433 e. The van der Waals surface area contributed by atoms with Gasteiger partial charge in [-0.1, -0.05) is 6.92 Å². The van der Waals surface area contributed by atoms with Gasteiger partial charge in [0.1, 0.15) is 16.6 Å². The summed E-state index contributed by atoms with van der Waals surface area (Å²) in [4.78, 5) is 22.9. The fraction of sp³-hybridized carbons (Fsp3) is 0.381. The Morgan fingerprint density at radius 3 is 2.71 bits per heavy atom. The van der Waals surface area contributed by atoms with Crippen LogP contribution in [0.3, 0.4) is 0 Å². The number of amides is 1. The number of rotatable bonds is 3. The van der Waals surface area contributed by atoms with Crippen LogP contribution >= 0.6 is 0 Å². The first kappa shape index (κ1) is 19.5. The molecular weight excluding hydrogens is 409 g/mol. The highest BCUT2D eigenvalue weighted by Crippen LogP contribution is 2.54. The minimum Gasteiger partial charge on any atom is -0.293 e. The van der Waals surface area contributed by atoms with Gasteiger partial charge in [-0.25, -0.2) is 9.50 Å². The van der Waals surface area contributed by atoms with Crippen LogP contribution in [-0.2, 0) is 11.0 Å². The highest BCUT2D eigenvalue weighted by molar-refractivity contribution is 6.04. The van der Waals surface area contributed by atoms with E-state index >= 15 is 0 Å². The molecule has 1 saturated carbocycles.